The predicted molar refractivity (Wildman–Crippen MR) is 17.6 cm³/mol. The molecule has 0 amide bonds. The average Bonchev–Trinajstić information content (AvgIpc) is 0.811. The van der Waals surface area contributed by atoms with Crippen molar-refractivity contribution in [1.82, 2.24) is 0 Å². The summed E-state index contributed by atoms with van der Waals surface area (Å²) >= 11 is -1.75. The Kier molecular flexibility index (Phi) is 12.7. The molecule has 0 saturated carbocycles. The van der Waals surface area contributed by atoms with Crippen LogP contribution in [0.1, 0.15) is 0 Å². The van der Waals surface area contributed by atoms with E-state index < -0.39 is 13.0 Å². The minimum Gasteiger partial charge on any atom is 0 e. The maximum atomic E-state index is 4.95. The summed E-state index contributed by atoms with van der Waals surface area (Å²) in [6.07, 6.45) is 0. The summed E-state index contributed by atoms with van der Waals surface area (Å²) in [5.41, 5.74) is 0. The van der Waals surface area contributed by atoms with Gasteiger partial charge in [-0.2, -0.15) is 0 Å². The average molecular weight is 255 g/mol. The third-order valence-corrected chi connectivity index (χ3v) is 0. The van der Waals surface area contributed by atoms with E-state index in [0.29, 0.717) is 0 Å². The maximum absolute atomic E-state index is 4.95. The monoisotopic (exact) mass is 255 g/mol. The van der Waals surface area contributed by atoms with Gasteiger partial charge in [0.2, 0.25) is 0 Å². The molecule has 0 aromatic rings. The summed E-state index contributed by atoms with van der Waals surface area (Å²) in [5, 5.41) is 0. The summed E-state index contributed by atoms with van der Waals surface area (Å²) in [7, 11) is 14.8. The van der Waals surface area contributed by atoms with Gasteiger partial charge in [-0.25, -0.2) is 0 Å². The Hall–Kier alpha value is 2.21. The zero-order valence-electron chi connectivity index (χ0n) is 1.99. The first kappa shape index (κ1) is 10.2. The molecular weight excluding hydrogens is 255 g/mol. The quantitative estimate of drug-likeness (QED) is 0.581. The molecule has 0 atom stereocenters. The van der Waals surface area contributed by atoms with Crippen LogP contribution in [0.15, 0.2) is 0 Å². The van der Waals surface area contributed by atoms with Gasteiger partial charge in [-0.05, 0) is 0 Å². The first-order valence-corrected chi connectivity index (χ1v) is 7.12. The molecule has 0 radical (unpaired) electrons. The van der Waals surface area contributed by atoms with E-state index in [9.17, 15) is 0 Å². The Morgan fingerprint density at radius 3 is 1.00 bits per heavy atom. The molecule has 0 aromatic carbocycles. The molecule has 0 bridgehead atoms. The van der Waals surface area contributed by atoms with Gasteiger partial charge >= 0.3 is 42.1 Å². The van der Waals surface area contributed by atoms with Crippen LogP contribution in [0.2, 0.25) is 0 Å². The van der Waals surface area contributed by atoms with Crippen LogP contribution in [0.3, 0.4) is 0 Å². The van der Waals surface area contributed by atoms with Gasteiger partial charge in [0.15, 0.2) is 0 Å². The molecule has 5 heteroatoms. The molecule has 0 aliphatic rings. The van der Waals surface area contributed by atoms with Crippen LogP contribution in [0.5, 0.6) is 0 Å². The van der Waals surface area contributed by atoms with Gasteiger partial charge in [0.05, 0.1) is 0 Å². The van der Waals surface area contributed by atoms with Crippen LogP contribution < -0.4 is 0 Å². The van der Waals surface area contributed by atoms with Crippen LogP contribution in [0.25, 0.3) is 0 Å². The Morgan fingerprint density at radius 2 is 1.00 bits per heavy atom. The van der Waals surface area contributed by atoms with E-state index in [4.69, 9.17) is 29.1 Å². The molecule has 0 aromatic heterocycles. The van der Waals surface area contributed by atoms with Crippen molar-refractivity contribution in [2.45, 2.75) is 0 Å². The molecule has 0 N–H and O–H groups in total. The number of halogens is 3. The fourth-order valence-corrected chi connectivity index (χ4v) is 0. The van der Waals surface area contributed by atoms with Crippen LogP contribution in [0.4, 0.5) is 0 Å². The van der Waals surface area contributed by atoms with Crippen molar-refractivity contribution in [3.8, 4) is 0 Å². The third-order valence-electron chi connectivity index (χ3n) is 0. The Morgan fingerprint density at radius 1 is 1.00 bits per heavy atom. The summed E-state index contributed by atoms with van der Waals surface area (Å²) in [5.74, 6) is 0. The molecular formula is Cl3RuTi. The fourth-order valence-electron chi connectivity index (χ4n) is 0. The van der Waals surface area contributed by atoms with Gasteiger partial charge in [0, 0.05) is 21.7 Å². The Labute approximate surface area is 63.1 Å². The molecule has 0 unspecified atom stereocenters. The van der Waals surface area contributed by atoms with Crippen LogP contribution in [-0.4, -0.2) is 0 Å². The SMILES string of the molecule is [Cl][Ru]([Cl])[Cl].[Ti]. The Bertz CT molecular complexity index is 11.6. The summed E-state index contributed by atoms with van der Waals surface area (Å²) in [6, 6.07) is 0. The zero-order valence-corrected chi connectivity index (χ0v) is 7.55. The molecule has 0 fully saturated rings. The van der Waals surface area contributed by atoms with Crippen molar-refractivity contribution in [2.75, 3.05) is 0 Å². The fraction of sp³-hybridized carbons (Fsp3) is 0. The first-order valence-electron chi connectivity index (χ1n) is 0.401. The zero-order chi connectivity index (χ0) is 3.58. The molecule has 0 rings (SSSR count). The second-order valence-corrected chi connectivity index (χ2v) is 8.07. The molecule has 33 valence electrons. The van der Waals surface area contributed by atoms with E-state index in [0.717, 1.165) is 0 Å². The van der Waals surface area contributed by atoms with Gasteiger partial charge in [0.1, 0.15) is 0 Å². The van der Waals surface area contributed by atoms with Crippen LogP contribution in [0, 0.1) is 0 Å². The normalized spacial score (nSPS) is 9.00. The number of hydrogen-bond acceptors (Lipinski definition) is 0. The van der Waals surface area contributed by atoms with E-state index in [1.54, 1.807) is 0 Å². The van der Waals surface area contributed by atoms with Crippen molar-refractivity contribution in [3.05, 3.63) is 0 Å². The summed E-state index contributed by atoms with van der Waals surface area (Å²) in [6.45, 7) is 0. The Balaban J connectivity index is 0. The molecule has 0 aliphatic carbocycles. The molecule has 0 aliphatic heterocycles. The topological polar surface area (TPSA) is 0 Å². The number of hydrogen-bond donors (Lipinski definition) is 0. The van der Waals surface area contributed by atoms with Gasteiger partial charge in [-0.3, -0.25) is 0 Å². The summed E-state index contributed by atoms with van der Waals surface area (Å²) < 4.78 is 0. The smallest absolute Gasteiger partial charge is 0 e. The number of rotatable bonds is 0. The predicted octanol–water partition coefficient (Wildman–Crippen LogP) is 2.06. The van der Waals surface area contributed by atoms with Crippen LogP contribution in [-0.2, 0) is 34.7 Å². The second-order valence-electron chi connectivity index (χ2n) is 0.152. The molecule has 5 heavy (non-hydrogen) atoms. The standard InChI is InChI=1S/3ClH.Ru.Ti/h3*1H;;/q;;;+3;/p-3. The molecule has 0 heterocycles. The van der Waals surface area contributed by atoms with E-state index in [2.05, 4.69) is 0 Å². The largest absolute Gasteiger partial charge is 0 e. The van der Waals surface area contributed by atoms with Gasteiger partial charge in [-0.1, -0.05) is 0 Å². The van der Waals surface area contributed by atoms with E-state index >= 15 is 0 Å². The molecule has 0 saturated heterocycles. The summed E-state index contributed by atoms with van der Waals surface area (Å²) in [4.78, 5) is 0. The second kappa shape index (κ2) is 6.21. The molecule has 0 nitrogen and oxygen atoms in total. The van der Waals surface area contributed by atoms with Crippen LogP contribution >= 0.6 is 29.1 Å². The van der Waals surface area contributed by atoms with Crippen molar-refractivity contribution in [3.63, 3.8) is 0 Å². The maximum Gasteiger partial charge on any atom is 0 e. The van der Waals surface area contributed by atoms with E-state index in [1.165, 1.54) is 0 Å². The molecule has 0 spiro atoms. The minimum atomic E-state index is -1.75. The van der Waals surface area contributed by atoms with Gasteiger partial charge in [0.25, 0.3) is 0 Å². The van der Waals surface area contributed by atoms with Crippen molar-refractivity contribution >= 4 is 29.1 Å². The third kappa shape index (κ3) is 22.5. The van der Waals surface area contributed by atoms with E-state index in [-0.39, 0.29) is 21.7 Å². The van der Waals surface area contributed by atoms with Gasteiger partial charge in [-0.15, -0.1) is 0 Å². The first-order chi connectivity index (χ1) is 1.73. The van der Waals surface area contributed by atoms with Crippen molar-refractivity contribution < 1.29 is 34.7 Å². The van der Waals surface area contributed by atoms with Crippen molar-refractivity contribution in [2.24, 2.45) is 0 Å². The van der Waals surface area contributed by atoms with Gasteiger partial charge < -0.3 is 0 Å². The van der Waals surface area contributed by atoms with E-state index in [1.807, 2.05) is 0 Å². The minimum absolute atomic E-state index is 0. The van der Waals surface area contributed by atoms with Crippen molar-refractivity contribution in [1.29, 1.82) is 0 Å².